The molecule has 1 aromatic rings. The van der Waals surface area contributed by atoms with Crippen molar-refractivity contribution >= 4 is 5.69 Å². The minimum Gasteiger partial charge on any atom is -0.494 e. The Labute approximate surface area is 121 Å². The van der Waals surface area contributed by atoms with Gasteiger partial charge in [0.2, 0.25) is 0 Å². The number of piperidine rings is 1. The number of nitrogens with zero attached hydrogens (tertiary/aromatic N) is 1. The molecule has 0 spiro atoms. The van der Waals surface area contributed by atoms with E-state index in [9.17, 15) is 0 Å². The number of methoxy groups -OCH3 is 1. The van der Waals surface area contributed by atoms with Crippen LogP contribution in [0.3, 0.4) is 0 Å². The molecule has 0 amide bonds. The second-order valence-corrected chi connectivity index (χ2v) is 5.48. The van der Waals surface area contributed by atoms with Crippen LogP contribution in [0.15, 0.2) is 18.2 Å². The summed E-state index contributed by atoms with van der Waals surface area (Å²) in [6.07, 6.45) is 2.42. The number of rotatable bonds is 6. The lowest BCUT2D eigenvalue weighted by Crippen LogP contribution is -2.34. The maximum absolute atomic E-state index is 5.90. The highest BCUT2D eigenvalue weighted by Gasteiger charge is 2.20. The summed E-state index contributed by atoms with van der Waals surface area (Å²) in [4.78, 5) is 2.48. The van der Waals surface area contributed by atoms with Gasteiger partial charge in [0.25, 0.3) is 0 Å². The number of benzene rings is 1. The smallest absolute Gasteiger partial charge is 0.123 e. The van der Waals surface area contributed by atoms with Gasteiger partial charge < -0.3 is 15.2 Å². The van der Waals surface area contributed by atoms with Crippen LogP contribution in [0.2, 0.25) is 0 Å². The zero-order valence-electron chi connectivity index (χ0n) is 12.6. The number of anilines is 1. The molecular weight excluding hydrogens is 252 g/mol. The molecule has 2 N–H and O–H groups in total. The van der Waals surface area contributed by atoms with Gasteiger partial charge in [0.15, 0.2) is 0 Å². The summed E-state index contributed by atoms with van der Waals surface area (Å²) in [5, 5.41) is 0. The Kier molecular flexibility index (Phi) is 5.68. The Hall–Kier alpha value is -1.26. The molecule has 0 bridgehead atoms. The third-order valence-corrected chi connectivity index (χ3v) is 3.89. The first-order chi connectivity index (χ1) is 9.72. The maximum atomic E-state index is 5.90. The molecule has 0 saturated carbocycles. The molecule has 1 aromatic carbocycles. The molecule has 4 heteroatoms. The molecule has 4 nitrogen and oxygen atoms in total. The topological polar surface area (TPSA) is 47.7 Å². The van der Waals surface area contributed by atoms with Crippen LogP contribution in [-0.2, 0) is 11.3 Å². The van der Waals surface area contributed by atoms with Crippen LogP contribution in [0.5, 0.6) is 5.75 Å². The van der Waals surface area contributed by atoms with E-state index in [1.54, 1.807) is 7.11 Å². The van der Waals surface area contributed by atoms with E-state index in [-0.39, 0.29) is 0 Å². The van der Waals surface area contributed by atoms with Gasteiger partial charge in [-0.3, -0.25) is 4.90 Å². The van der Waals surface area contributed by atoms with Gasteiger partial charge in [0.05, 0.1) is 6.61 Å². The Morgan fingerprint density at radius 1 is 1.30 bits per heavy atom. The average molecular weight is 278 g/mol. The molecular formula is C16H26N2O2. The summed E-state index contributed by atoms with van der Waals surface area (Å²) in [7, 11) is 1.79. The molecule has 1 fully saturated rings. The van der Waals surface area contributed by atoms with Crippen LogP contribution < -0.4 is 10.5 Å². The standard InChI is InChI=1S/C16H26N2O2/c1-3-20-16-5-4-15(17)10-14(16)11-18-8-6-13(7-9-18)12-19-2/h4-5,10,13H,3,6-9,11-12,17H2,1-2H3. The van der Waals surface area contributed by atoms with Crippen molar-refractivity contribution in [3.63, 3.8) is 0 Å². The van der Waals surface area contributed by atoms with Crippen molar-refractivity contribution in [1.29, 1.82) is 0 Å². The first-order valence-corrected chi connectivity index (χ1v) is 7.45. The quantitative estimate of drug-likeness (QED) is 0.812. The number of hydrogen-bond acceptors (Lipinski definition) is 4. The summed E-state index contributed by atoms with van der Waals surface area (Å²) in [6.45, 7) is 6.74. The molecule has 0 radical (unpaired) electrons. The largest absolute Gasteiger partial charge is 0.494 e. The molecule has 20 heavy (non-hydrogen) atoms. The van der Waals surface area contributed by atoms with Crippen LogP contribution in [0, 0.1) is 5.92 Å². The molecule has 1 heterocycles. The highest BCUT2D eigenvalue weighted by atomic mass is 16.5. The van der Waals surface area contributed by atoms with Crippen molar-refractivity contribution in [2.45, 2.75) is 26.3 Å². The number of nitrogen functional groups attached to an aromatic ring is 1. The highest BCUT2D eigenvalue weighted by molar-refractivity contribution is 5.47. The summed E-state index contributed by atoms with van der Waals surface area (Å²) in [5.41, 5.74) is 7.89. The van der Waals surface area contributed by atoms with Crippen molar-refractivity contribution < 1.29 is 9.47 Å². The fourth-order valence-electron chi connectivity index (χ4n) is 2.81. The van der Waals surface area contributed by atoms with Gasteiger partial charge in [-0.15, -0.1) is 0 Å². The molecule has 0 aromatic heterocycles. The van der Waals surface area contributed by atoms with Gasteiger partial charge in [-0.1, -0.05) is 0 Å². The Morgan fingerprint density at radius 3 is 2.70 bits per heavy atom. The van der Waals surface area contributed by atoms with E-state index in [2.05, 4.69) is 4.90 Å². The maximum Gasteiger partial charge on any atom is 0.123 e. The predicted octanol–water partition coefficient (Wildman–Crippen LogP) is 2.53. The van der Waals surface area contributed by atoms with Crippen LogP contribution >= 0.6 is 0 Å². The molecule has 0 aliphatic carbocycles. The molecule has 2 rings (SSSR count). The molecule has 0 unspecified atom stereocenters. The van der Waals surface area contributed by atoms with Crippen molar-refractivity contribution in [3.8, 4) is 5.75 Å². The van der Waals surface area contributed by atoms with Crippen LogP contribution in [0.1, 0.15) is 25.3 Å². The van der Waals surface area contributed by atoms with Crippen molar-refractivity contribution in [2.75, 3.05) is 39.1 Å². The van der Waals surface area contributed by atoms with E-state index in [0.29, 0.717) is 12.5 Å². The van der Waals surface area contributed by atoms with Gasteiger partial charge in [0, 0.05) is 31.5 Å². The highest BCUT2D eigenvalue weighted by Crippen LogP contribution is 2.25. The first-order valence-electron chi connectivity index (χ1n) is 7.45. The van der Waals surface area contributed by atoms with Gasteiger partial charge in [0.1, 0.15) is 5.75 Å². The van der Waals surface area contributed by atoms with E-state index >= 15 is 0 Å². The summed E-state index contributed by atoms with van der Waals surface area (Å²) in [5.74, 6) is 1.67. The zero-order chi connectivity index (χ0) is 14.4. The van der Waals surface area contributed by atoms with Crippen molar-refractivity contribution in [2.24, 2.45) is 5.92 Å². The second-order valence-electron chi connectivity index (χ2n) is 5.48. The van der Waals surface area contributed by atoms with E-state index in [1.165, 1.54) is 18.4 Å². The van der Waals surface area contributed by atoms with Gasteiger partial charge in [-0.25, -0.2) is 0 Å². The van der Waals surface area contributed by atoms with Crippen LogP contribution in [0.4, 0.5) is 5.69 Å². The lowest BCUT2D eigenvalue weighted by atomic mass is 9.97. The number of hydrogen-bond donors (Lipinski definition) is 1. The second kappa shape index (κ2) is 7.50. The van der Waals surface area contributed by atoms with Gasteiger partial charge in [-0.05, 0) is 57.0 Å². The third kappa shape index (κ3) is 4.12. The molecule has 0 atom stereocenters. The first kappa shape index (κ1) is 15.1. The number of likely N-dealkylation sites (tertiary alicyclic amines) is 1. The predicted molar refractivity (Wildman–Crippen MR) is 81.9 cm³/mol. The zero-order valence-corrected chi connectivity index (χ0v) is 12.6. The fraction of sp³-hybridized carbons (Fsp3) is 0.625. The fourth-order valence-corrected chi connectivity index (χ4v) is 2.81. The average Bonchev–Trinajstić information content (AvgIpc) is 2.44. The van der Waals surface area contributed by atoms with Gasteiger partial charge in [-0.2, -0.15) is 0 Å². The summed E-state index contributed by atoms with van der Waals surface area (Å²) in [6, 6.07) is 5.91. The Bertz CT molecular complexity index is 415. The van der Waals surface area contributed by atoms with Crippen molar-refractivity contribution in [1.82, 2.24) is 4.90 Å². The molecule has 1 saturated heterocycles. The monoisotopic (exact) mass is 278 g/mol. The minimum atomic E-state index is 0.687. The number of ether oxygens (including phenoxy) is 2. The molecule has 1 aliphatic heterocycles. The lowest BCUT2D eigenvalue weighted by molar-refractivity contribution is 0.0964. The normalized spacial score (nSPS) is 17.3. The molecule has 1 aliphatic rings. The number of nitrogens with two attached hydrogens (primary N) is 1. The minimum absolute atomic E-state index is 0.687. The Morgan fingerprint density at radius 2 is 2.05 bits per heavy atom. The van der Waals surface area contributed by atoms with Crippen LogP contribution in [-0.4, -0.2) is 38.3 Å². The SMILES string of the molecule is CCOc1ccc(N)cc1CN1CCC(COC)CC1. The van der Waals surface area contributed by atoms with E-state index in [4.69, 9.17) is 15.2 Å². The van der Waals surface area contributed by atoms with Gasteiger partial charge >= 0.3 is 0 Å². The molecule has 112 valence electrons. The summed E-state index contributed by atoms with van der Waals surface area (Å²) < 4.78 is 10.9. The van der Waals surface area contributed by atoms with E-state index in [0.717, 1.165) is 37.7 Å². The third-order valence-electron chi connectivity index (χ3n) is 3.89. The van der Waals surface area contributed by atoms with Crippen molar-refractivity contribution in [3.05, 3.63) is 23.8 Å². The van der Waals surface area contributed by atoms with E-state index < -0.39 is 0 Å². The summed E-state index contributed by atoms with van der Waals surface area (Å²) >= 11 is 0. The Balaban J connectivity index is 1.95. The van der Waals surface area contributed by atoms with Crippen LogP contribution in [0.25, 0.3) is 0 Å². The van der Waals surface area contributed by atoms with E-state index in [1.807, 2.05) is 25.1 Å². The lowest BCUT2D eigenvalue weighted by Gasteiger charge is -2.32.